The van der Waals surface area contributed by atoms with Gasteiger partial charge >= 0.3 is 6.03 Å². The minimum absolute atomic E-state index is 0.0244. The van der Waals surface area contributed by atoms with E-state index in [2.05, 4.69) is 10.6 Å². The van der Waals surface area contributed by atoms with Crippen LogP contribution in [0.2, 0.25) is 0 Å². The van der Waals surface area contributed by atoms with Gasteiger partial charge in [0, 0.05) is 5.54 Å². The summed E-state index contributed by atoms with van der Waals surface area (Å²) in [4.78, 5) is 12.3. The van der Waals surface area contributed by atoms with E-state index in [1.165, 1.54) is 38.5 Å². The quantitative estimate of drug-likeness (QED) is 0.819. The largest absolute Gasteiger partial charge is 0.492 e. The van der Waals surface area contributed by atoms with Crippen molar-refractivity contribution in [1.29, 1.82) is 0 Å². The van der Waals surface area contributed by atoms with Gasteiger partial charge in [0.1, 0.15) is 12.4 Å². The average Bonchev–Trinajstić information content (AvgIpc) is 2.51. The van der Waals surface area contributed by atoms with Crippen molar-refractivity contribution < 1.29 is 9.53 Å². The Kier molecular flexibility index (Phi) is 3.92. The van der Waals surface area contributed by atoms with E-state index in [1.807, 2.05) is 30.3 Å². The predicted molar refractivity (Wildman–Crippen MR) is 89.4 cm³/mol. The van der Waals surface area contributed by atoms with E-state index in [0.29, 0.717) is 13.2 Å². The fourth-order valence-electron chi connectivity index (χ4n) is 5.40. The van der Waals surface area contributed by atoms with Gasteiger partial charge in [-0.2, -0.15) is 0 Å². The highest BCUT2D eigenvalue weighted by Crippen LogP contribution is 2.55. The van der Waals surface area contributed by atoms with Crippen molar-refractivity contribution >= 4 is 6.03 Å². The van der Waals surface area contributed by atoms with Gasteiger partial charge in [-0.25, -0.2) is 4.79 Å². The molecule has 124 valence electrons. The summed E-state index contributed by atoms with van der Waals surface area (Å²) in [6, 6.07) is 9.68. The molecule has 0 aromatic heterocycles. The Morgan fingerprint density at radius 3 is 2.26 bits per heavy atom. The molecule has 4 fully saturated rings. The summed E-state index contributed by atoms with van der Waals surface area (Å²) in [6.07, 6.45) is 7.75. The third-order valence-electron chi connectivity index (χ3n) is 5.82. The topological polar surface area (TPSA) is 50.4 Å². The second kappa shape index (κ2) is 6.06. The van der Waals surface area contributed by atoms with Gasteiger partial charge in [0.2, 0.25) is 0 Å². The van der Waals surface area contributed by atoms with Crippen molar-refractivity contribution in [2.75, 3.05) is 13.2 Å². The first-order chi connectivity index (χ1) is 11.2. The average molecular weight is 314 g/mol. The third-order valence-corrected chi connectivity index (χ3v) is 5.82. The highest BCUT2D eigenvalue weighted by atomic mass is 16.5. The van der Waals surface area contributed by atoms with E-state index >= 15 is 0 Å². The maximum Gasteiger partial charge on any atom is 0.315 e. The summed E-state index contributed by atoms with van der Waals surface area (Å²) in [6.45, 7) is 1.03. The van der Waals surface area contributed by atoms with E-state index in [4.69, 9.17) is 4.74 Å². The van der Waals surface area contributed by atoms with Crippen molar-refractivity contribution in [3.63, 3.8) is 0 Å². The summed E-state index contributed by atoms with van der Waals surface area (Å²) in [7, 11) is 0. The zero-order valence-corrected chi connectivity index (χ0v) is 13.6. The van der Waals surface area contributed by atoms with Gasteiger partial charge in [0.05, 0.1) is 6.54 Å². The summed E-state index contributed by atoms with van der Waals surface area (Å²) in [5.74, 6) is 3.39. The molecule has 5 rings (SSSR count). The summed E-state index contributed by atoms with van der Waals surface area (Å²) in [5, 5.41) is 6.27. The van der Waals surface area contributed by atoms with Crippen molar-refractivity contribution in [2.24, 2.45) is 17.8 Å². The van der Waals surface area contributed by atoms with Crippen LogP contribution >= 0.6 is 0 Å². The lowest BCUT2D eigenvalue weighted by Gasteiger charge is -2.56. The maximum absolute atomic E-state index is 12.3. The molecule has 4 aliphatic carbocycles. The molecular weight excluding hydrogens is 288 g/mol. The number of carbonyl (C=O) groups is 1. The summed E-state index contributed by atoms with van der Waals surface area (Å²) >= 11 is 0. The molecule has 1 aromatic carbocycles. The van der Waals surface area contributed by atoms with E-state index in [1.54, 1.807) is 0 Å². The second-order valence-electron chi connectivity index (χ2n) is 7.74. The van der Waals surface area contributed by atoms with E-state index in [0.717, 1.165) is 23.5 Å². The fraction of sp³-hybridized carbons (Fsp3) is 0.632. The van der Waals surface area contributed by atoms with Crippen LogP contribution in [0.5, 0.6) is 5.75 Å². The van der Waals surface area contributed by atoms with Crippen molar-refractivity contribution in [1.82, 2.24) is 10.6 Å². The number of benzene rings is 1. The number of hydrogen-bond acceptors (Lipinski definition) is 2. The lowest BCUT2D eigenvalue weighted by molar-refractivity contribution is -0.0135. The number of para-hydroxylation sites is 1. The molecule has 2 N–H and O–H groups in total. The first kappa shape index (κ1) is 14.9. The Balaban J connectivity index is 1.23. The molecule has 0 heterocycles. The minimum atomic E-state index is -0.0244. The number of rotatable bonds is 5. The molecule has 1 aromatic rings. The normalized spacial score (nSPS) is 34.2. The summed E-state index contributed by atoms with van der Waals surface area (Å²) in [5.41, 5.74) is 0.0825. The minimum Gasteiger partial charge on any atom is -0.492 e. The van der Waals surface area contributed by atoms with Crippen LogP contribution in [0, 0.1) is 17.8 Å². The van der Waals surface area contributed by atoms with Crippen molar-refractivity contribution in [3.8, 4) is 5.75 Å². The predicted octanol–water partition coefficient (Wildman–Crippen LogP) is 3.33. The van der Waals surface area contributed by atoms with Crippen LogP contribution < -0.4 is 15.4 Å². The number of urea groups is 1. The van der Waals surface area contributed by atoms with Gasteiger partial charge in [-0.3, -0.25) is 0 Å². The molecule has 4 aliphatic rings. The Labute approximate surface area is 138 Å². The number of amides is 2. The smallest absolute Gasteiger partial charge is 0.315 e. The summed E-state index contributed by atoms with van der Waals surface area (Å²) < 4.78 is 5.61. The monoisotopic (exact) mass is 314 g/mol. The highest BCUT2D eigenvalue weighted by molar-refractivity contribution is 5.74. The zero-order chi connectivity index (χ0) is 15.7. The second-order valence-corrected chi connectivity index (χ2v) is 7.74. The third kappa shape index (κ3) is 3.31. The van der Waals surface area contributed by atoms with Crippen LogP contribution in [0.25, 0.3) is 0 Å². The van der Waals surface area contributed by atoms with E-state index < -0.39 is 0 Å². The molecule has 0 aliphatic heterocycles. The molecule has 4 nitrogen and oxygen atoms in total. The Morgan fingerprint density at radius 2 is 1.65 bits per heavy atom. The molecule has 0 radical (unpaired) electrons. The molecule has 0 atom stereocenters. The van der Waals surface area contributed by atoms with Crippen LogP contribution in [0.15, 0.2) is 30.3 Å². The molecule has 0 spiro atoms. The van der Waals surface area contributed by atoms with Crippen LogP contribution in [-0.4, -0.2) is 24.7 Å². The van der Waals surface area contributed by atoms with Crippen molar-refractivity contribution in [2.45, 2.75) is 44.1 Å². The van der Waals surface area contributed by atoms with Gasteiger partial charge in [-0.05, 0) is 68.4 Å². The van der Waals surface area contributed by atoms with Gasteiger partial charge in [-0.15, -0.1) is 0 Å². The van der Waals surface area contributed by atoms with Crippen LogP contribution in [0.4, 0.5) is 4.79 Å². The van der Waals surface area contributed by atoms with Gasteiger partial charge in [0.15, 0.2) is 0 Å². The van der Waals surface area contributed by atoms with E-state index in [-0.39, 0.29) is 11.6 Å². The molecule has 0 unspecified atom stereocenters. The number of carbonyl (C=O) groups excluding carboxylic acids is 1. The fourth-order valence-corrected chi connectivity index (χ4v) is 5.40. The molecule has 0 saturated heterocycles. The van der Waals surface area contributed by atoms with Crippen LogP contribution in [0.1, 0.15) is 38.5 Å². The lowest BCUT2D eigenvalue weighted by atomic mass is 9.53. The van der Waals surface area contributed by atoms with Gasteiger partial charge in [0.25, 0.3) is 0 Å². The number of hydrogen-bond donors (Lipinski definition) is 2. The number of nitrogens with one attached hydrogen (secondary N) is 2. The molecule has 4 bridgehead atoms. The number of ether oxygens (including phenoxy) is 1. The Hall–Kier alpha value is -1.71. The van der Waals surface area contributed by atoms with Crippen molar-refractivity contribution in [3.05, 3.63) is 30.3 Å². The van der Waals surface area contributed by atoms with Gasteiger partial charge in [-0.1, -0.05) is 18.2 Å². The van der Waals surface area contributed by atoms with Crippen LogP contribution in [-0.2, 0) is 0 Å². The molecular formula is C19H26N2O2. The Morgan fingerprint density at radius 1 is 1.04 bits per heavy atom. The SMILES string of the molecule is O=C(NCCOc1ccccc1)NC12CC3CC(CC(C3)C1)C2. The molecule has 4 saturated carbocycles. The molecule has 2 amide bonds. The first-order valence-electron chi connectivity index (χ1n) is 8.95. The molecule has 4 heteroatoms. The zero-order valence-electron chi connectivity index (χ0n) is 13.6. The van der Waals surface area contributed by atoms with Crippen LogP contribution in [0.3, 0.4) is 0 Å². The molecule has 23 heavy (non-hydrogen) atoms. The van der Waals surface area contributed by atoms with E-state index in [9.17, 15) is 4.79 Å². The van der Waals surface area contributed by atoms with Gasteiger partial charge < -0.3 is 15.4 Å². The highest BCUT2D eigenvalue weighted by Gasteiger charge is 2.51. The maximum atomic E-state index is 12.3. The lowest BCUT2D eigenvalue weighted by Crippen LogP contribution is -2.61. The first-order valence-corrected chi connectivity index (χ1v) is 8.95. The standard InChI is InChI=1S/C19H26N2O2/c22-18(20-6-7-23-17-4-2-1-3-5-17)21-19-11-14-8-15(12-19)10-16(9-14)13-19/h1-5,14-16H,6-13H2,(H2,20,21,22). The Bertz CT molecular complexity index is 522.